The van der Waals surface area contributed by atoms with Crippen LogP contribution >= 0.6 is 0 Å². The fourth-order valence-electron chi connectivity index (χ4n) is 2.87. The summed E-state index contributed by atoms with van der Waals surface area (Å²) >= 11 is 0. The van der Waals surface area contributed by atoms with Crippen LogP contribution in [0.15, 0.2) is 10.6 Å². The molecular formula is C14H19N3O3. The summed E-state index contributed by atoms with van der Waals surface area (Å²) in [7, 11) is 0. The van der Waals surface area contributed by atoms with E-state index in [4.69, 9.17) is 4.52 Å². The van der Waals surface area contributed by atoms with Gasteiger partial charge in [-0.1, -0.05) is 19.0 Å². The monoisotopic (exact) mass is 277 g/mol. The number of nitrogens with zero attached hydrogens (tertiary/aromatic N) is 3. The minimum Gasteiger partial charge on any atom is -0.360 e. The highest BCUT2D eigenvalue weighted by Gasteiger charge is 2.37. The van der Waals surface area contributed by atoms with Gasteiger partial charge in [0.2, 0.25) is 5.91 Å². The van der Waals surface area contributed by atoms with Crippen molar-refractivity contribution >= 4 is 11.8 Å². The van der Waals surface area contributed by atoms with Gasteiger partial charge in [-0.25, -0.2) is 0 Å². The molecular weight excluding hydrogens is 258 g/mol. The van der Waals surface area contributed by atoms with E-state index in [-0.39, 0.29) is 23.8 Å². The average molecular weight is 277 g/mol. The fourth-order valence-corrected chi connectivity index (χ4v) is 2.87. The van der Waals surface area contributed by atoms with Gasteiger partial charge in [-0.2, -0.15) is 0 Å². The Morgan fingerprint density at radius 3 is 2.95 bits per heavy atom. The predicted molar refractivity (Wildman–Crippen MR) is 71.2 cm³/mol. The van der Waals surface area contributed by atoms with E-state index in [1.165, 1.54) is 0 Å². The predicted octanol–water partition coefficient (Wildman–Crippen LogP) is 1.24. The van der Waals surface area contributed by atoms with Gasteiger partial charge >= 0.3 is 0 Å². The molecule has 0 bridgehead atoms. The fraction of sp³-hybridized carbons (Fsp3) is 0.643. The van der Waals surface area contributed by atoms with Crippen molar-refractivity contribution in [1.29, 1.82) is 0 Å². The van der Waals surface area contributed by atoms with Gasteiger partial charge in [-0.15, -0.1) is 0 Å². The van der Waals surface area contributed by atoms with Crippen LogP contribution in [0.2, 0.25) is 0 Å². The van der Waals surface area contributed by atoms with Crippen LogP contribution in [-0.4, -0.2) is 52.4 Å². The highest BCUT2D eigenvalue weighted by Crippen LogP contribution is 2.24. The van der Waals surface area contributed by atoms with E-state index in [0.29, 0.717) is 31.7 Å². The molecule has 2 aliphatic rings. The number of carbonyl (C=O) groups is 2. The molecule has 3 rings (SSSR count). The highest BCUT2D eigenvalue weighted by atomic mass is 16.5. The molecule has 2 saturated heterocycles. The Labute approximate surface area is 117 Å². The normalized spacial score (nSPS) is 22.6. The number of piperazine rings is 1. The van der Waals surface area contributed by atoms with Crippen molar-refractivity contribution in [3.63, 3.8) is 0 Å². The van der Waals surface area contributed by atoms with Gasteiger partial charge in [0.1, 0.15) is 5.76 Å². The van der Waals surface area contributed by atoms with E-state index in [0.717, 1.165) is 12.2 Å². The third-order valence-corrected chi connectivity index (χ3v) is 4.10. The number of amides is 2. The van der Waals surface area contributed by atoms with Gasteiger partial charge in [-0.3, -0.25) is 9.59 Å². The zero-order valence-electron chi connectivity index (χ0n) is 11.8. The maximum atomic E-state index is 12.4. The molecule has 2 fully saturated rings. The summed E-state index contributed by atoms with van der Waals surface area (Å²) in [6.45, 7) is 5.80. The molecule has 0 spiro atoms. The molecule has 2 aliphatic heterocycles. The number of hydrogen-bond acceptors (Lipinski definition) is 4. The second-order valence-corrected chi connectivity index (χ2v) is 5.80. The Bertz CT molecular complexity index is 538. The van der Waals surface area contributed by atoms with E-state index in [1.54, 1.807) is 11.0 Å². The molecule has 3 heterocycles. The van der Waals surface area contributed by atoms with Crippen LogP contribution < -0.4 is 0 Å². The van der Waals surface area contributed by atoms with Crippen molar-refractivity contribution in [1.82, 2.24) is 15.0 Å². The van der Waals surface area contributed by atoms with E-state index in [2.05, 4.69) is 5.16 Å². The van der Waals surface area contributed by atoms with Gasteiger partial charge in [-0.05, 0) is 6.42 Å². The lowest BCUT2D eigenvalue weighted by Gasteiger charge is -2.37. The number of aromatic nitrogens is 1. The molecule has 2 amide bonds. The molecule has 0 N–H and O–H groups in total. The maximum Gasteiger partial charge on any atom is 0.276 e. The minimum absolute atomic E-state index is 0.0975. The molecule has 0 unspecified atom stereocenters. The first-order valence-corrected chi connectivity index (χ1v) is 7.11. The summed E-state index contributed by atoms with van der Waals surface area (Å²) in [6, 6.07) is 1.90. The van der Waals surface area contributed by atoms with E-state index >= 15 is 0 Å². The summed E-state index contributed by atoms with van der Waals surface area (Å²) in [4.78, 5) is 27.7. The number of rotatable bonds is 2. The van der Waals surface area contributed by atoms with Crippen LogP contribution in [0.25, 0.3) is 0 Å². The summed E-state index contributed by atoms with van der Waals surface area (Å²) in [5, 5.41) is 3.87. The first-order valence-electron chi connectivity index (χ1n) is 7.11. The molecule has 1 atom stereocenters. The Kier molecular flexibility index (Phi) is 3.23. The van der Waals surface area contributed by atoms with Crippen LogP contribution in [-0.2, 0) is 4.79 Å². The standard InChI is InChI=1S/C14H19N3O3/c1-9(2)12-7-11(15-20-12)14(19)16-5-6-17-10(8-16)3-4-13(17)18/h7,9-10H,3-6,8H2,1-2H3/t10-/m0/s1. The highest BCUT2D eigenvalue weighted by molar-refractivity contribution is 5.92. The minimum atomic E-state index is -0.0975. The first-order chi connectivity index (χ1) is 9.56. The molecule has 1 aromatic heterocycles. The van der Waals surface area contributed by atoms with Gasteiger partial charge in [0.25, 0.3) is 5.91 Å². The molecule has 0 saturated carbocycles. The Balaban J connectivity index is 1.70. The molecule has 0 aromatic carbocycles. The van der Waals surface area contributed by atoms with Crippen LogP contribution in [0.5, 0.6) is 0 Å². The topological polar surface area (TPSA) is 66.7 Å². The molecule has 0 radical (unpaired) electrons. The van der Waals surface area contributed by atoms with Crippen molar-refractivity contribution in [2.24, 2.45) is 0 Å². The molecule has 6 nitrogen and oxygen atoms in total. The van der Waals surface area contributed by atoms with E-state index in [9.17, 15) is 9.59 Å². The Morgan fingerprint density at radius 1 is 1.45 bits per heavy atom. The molecule has 108 valence electrons. The summed E-state index contributed by atoms with van der Waals surface area (Å²) < 4.78 is 5.18. The van der Waals surface area contributed by atoms with Gasteiger partial charge < -0.3 is 14.3 Å². The quantitative estimate of drug-likeness (QED) is 0.816. The van der Waals surface area contributed by atoms with Crippen LogP contribution in [0.1, 0.15) is 48.9 Å². The number of hydrogen-bond donors (Lipinski definition) is 0. The molecule has 6 heteroatoms. The van der Waals surface area contributed by atoms with Crippen molar-refractivity contribution in [2.75, 3.05) is 19.6 Å². The Hall–Kier alpha value is -1.85. The van der Waals surface area contributed by atoms with Gasteiger partial charge in [0.15, 0.2) is 5.69 Å². The van der Waals surface area contributed by atoms with Gasteiger partial charge in [0, 0.05) is 44.1 Å². The van der Waals surface area contributed by atoms with E-state index in [1.807, 2.05) is 18.7 Å². The van der Waals surface area contributed by atoms with Crippen molar-refractivity contribution < 1.29 is 14.1 Å². The largest absolute Gasteiger partial charge is 0.360 e. The molecule has 20 heavy (non-hydrogen) atoms. The maximum absolute atomic E-state index is 12.4. The van der Waals surface area contributed by atoms with Crippen molar-refractivity contribution in [3.8, 4) is 0 Å². The SMILES string of the molecule is CC(C)c1cc(C(=O)N2CCN3C(=O)CC[C@H]3C2)no1. The second-order valence-electron chi connectivity index (χ2n) is 5.80. The van der Waals surface area contributed by atoms with Crippen LogP contribution in [0, 0.1) is 0 Å². The number of carbonyl (C=O) groups excluding carboxylic acids is 2. The van der Waals surface area contributed by atoms with Gasteiger partial charge in [0.05, 0.1) is 0 Å². The summed E-state index contributed by atoms with van der Waals surface area (Å²) in [6.07, 6.45) is 1.45. The summed E-state index contributed by atoms with van der Waals surface area (Å²) in [5.74, 6) is 1.06. The third kappa shape index (κ3) is 2.19. The molecule has 0 aliphatic carbocycles. The lowest BCUT2D eigenvalue weighted by molar-refractivity contribution is -0.130. The van der Waals surface area contributed by atoms with Crippen LogP contribution in [0.4, 0.5) is 0 Å². The smallest absolute Gasteiger partial charge is 0.276 e. The number of fused-ring (bicyclic) bond motifs is 1. The summed E-state index contributed by atoms with van der Waals surface area (Å²) in [5.41, 5.74) is 0.367. The van der Waals surface area contributed by atoms with E-state index < -0.39 is 0 Å². The Morgan fingerprint density at radius 2 is 2.25 bits per heavy atom. The lowest BCUT2D eigenvalue weighted by Crippen LogP contribution is -2.53. The average Bonchev–Trinajstić information content (AvgIpc) is 3.05. The van der Waals surface area contributed by atoms with Crippen molar-refractivity contribution in [2.45, 2.75) is 38.6 Å². The zero-order chi connectivity index (χ0) is 14.3. The van der Waals surface area contributed by atoms with Crippen molar-refractivity contribution in [3.05, 3.63) is 17.5 Å². The second kappa shape index (κ2) is 4.92. The first kappa shape index (κ1) is 13.1. The third-order valence-electron chi connectivity index (χ3n) is 4.10. The lowest BCUT2D eigenvalue weighted by atomic mass is 10.1. The molecule has 1 aromatic rings. The van der Waals surface area contributed by atoms with Crippen LogP contribution in [0.3, 0.4) is 0 Å². The zero-order valence-corrected chi connectivity index (χ0v) is 11.8.